The molecular formula is C37H42N2O5. The second-order valence-corrected chi connectivity index (χ2v) is 12.4. The first-order valence-corrected chi connectivity index (χ1v) is 15.6. The van der Waals surface area contributed by atoms with Crippen LogP contribution in [0.15, 0.2) is 36.4 Å². The highest BCUT2D eigenvalue weighted by Gasteiger charge is 2.30. The van der Waals surface area contributed by atoms with Gasteiger partial charge in [0, 0.05) is 22.5 Å². The highest BCUT2D eigenvalue weighted by atomic mass is 16.5. The maximum Gasteiger partial charge on any atom is 0.355 e. The summed E-state index contributed by atoms with van der Waals surface area (Å²) in [5, 5.41) is 0. The van der Waals surface area contributed by atoms with Crippen LogP contribution in [0.2, 0.25) is 0 Å². The maximum absolute atomic E-state index is 13.9. The van der Waals surface area contributed by atoms with Crippen molar-refractivity contribution in [2.45, 2.75) is 68.2 Å². The van der Waals surface area contributed by atoms with E-state index in [2.05, 4.69) is 37.7 Å². The van der Waals surface area contributed by atoms with Gasteiger partial charge in [-0.05, 0) is 109 Å². The predicted molar refractivity (Wildman–Crippen MR) is 173 cm³/mol. The van der Waals surface area contributed by atoms with E-state index < -0.39 is 0 Å². The van der Waals surface area contributed by atoms with Gasteiger partial charge in [-0.1, -0.05) is 52.0 Å². The van der Waals surface area contributed by atoms with Crippen LogP contribution in [0.5, 0.6) is 0 Å². The Kier molecular flexibility index (Phi) is 8.69. The van der Waals surface area contributed by atoms with E-state index in [1.807, 2.05) is 50.2 Å². The molecule has 7 nitrogen and oxygen atoms in total. The van der Waals surface area contributed by atoms with Crippen LogP contribution in [0.25, 0.3) is 33.6 Å². The Labute approximate surface area is 259 Å². The Bertz CT molecular complexity index is 1640. The third-order valence-electron chi connectivity index (χ3n) is 8.34. The van der Waals surface area contributed by atoms with E-state index in [0.29, 0.717) is 47.6 Å². The Morgan fingerprint density at radius 1 is 0.659 bits per heavy atom. The molecule has 0 amide bonds. The number of ketones is 1. The summed E-state index contributed by atoms with van der Waals surface area (Å²) in [5.41, 5.74) is 11.2. The van der Waals surface area contributed by atoms with Gasteiger partial charge in [0.25, 0.3) is 0 Å². The van der Waals surface area contributed by atoms with Crippen LogP contribution < -0.4 is 0 Å². The van der Waals surface area contributed by atoms with Crippen LogP contribution in [0, 0.1) is 25.7 Å². The van der Waals surface area contributed by atoms with Crippen LogP contribution in [0.3, 0.4) is 0 Å². The quantitative estimate of drug-likeness (QED) is 0.159. The summed E-state index contributed by atoms with van der Waals surface area (Å²) in [6, 6.07) is 11.9. The molecule has 0 radical (unpaired) electrons. The number of rotatable bonds is 10. The van der Waals surface area contributed by atoms with Gasteiger partial charge in [0.15, 0.2) is 5.78 Å². The number of hydrogen-bond donors (Lipinski definition) is 2. The summed E-state index contributed by atoms with van der Waals surface area (Å²) in [7, 11) is 0. The molecule has 230 valence electrons. The highest BCUT2D eigenvalue weighted by molar-refractivity contribution is 6.22. The lowest BCUT2D eigenvalue weighted by molar-refractivity contribution is 0.0510. The average molecular weight is 595 g/mol. The predicted octanol–water partition coefficient (Wildman–Crippen LogP) is 8.26. The number of hydrogen-bond acceptors (Lipinski definition) is 5. The number of fused-ring (bicyclic) bond motifs is 3. The van der Waals surface area contributed by atoms with Gasteiger partial charge < -0.3 is 19.4 Å². The Morgan fingerprint density at radius 3 is 1.39 bits per heavy atom. The van der Waals surface area contributed by atoms with Gasteiger partial charge in [0.05, 0.1) is 13.2 Å². The zero-order chi connectivity index (χ0) is 31.9. The van der Waals surface area contributed by atoms with Crippen LogP contribution in [0.4, 0.5) is 0 Å². The normalized spacial score (nSPS) is 12.2. The fourth-order valence-corrected chi connectivity index (χ4v) is 6.29. The van der Waals surface area contributed by atoms with Gasteiger partial charge in [-0.3, -0.25) is 4.79 Å². The van der Waals surface area contributed by atoms with Crippen molar-refractivity contribution in [1.82, 2.24) is 9.97 Å². The van der Waals surface area contributed by atoms with Crippen molar-refractivity contribution in [2.24, 2.45) is 11.8 Å². The van der Waals surface area contributed by atoms with Crippen molar-refractivity contribution in [3.63, 3.8) is 0 Å². The average Bonchev–Trinajstić information content (AvgIpc) is 3.57. The van der Waals surface area contributed by atoms with Crippen molar-refractivity contribution < 1.29 is 23.9 Å². The lowest BCUT2D eigenvalue weighted by atomic mass is 9.94. The molecule has 0 spiro atoms. The molecule has 0 aliphatic heterocycles. The molecule has 44 heavy (non-hydrogen) atoms. The molecule has 4 aromatic rings. The number of aromatic amines is 2. The molecule has 0 saturated carbocycles. The van der Waals surface area contributed by atoms with Crippen LogP contribution in [-0.2, 0) is 22.3 Å². The summed E-state index contributed by atoms with van der Waals surface area (Å²) < 4.78 is 10.6. The van der Waals surface area contributed by atoms with Gasteiger partial charge in [-0.25, -0.2) is 9.59 Å². The molecule has 0 saturated heterocycles. The molecule has 0 unspecified atom stereocenters. The first-order chi connectivity index (χ1) is 21.0. The summed E-state index contributed by atoms with van der Waals surface area (Å²) >= 11 is 0. The van der Waals surface area contributed by atoms with Crippen molar-refractivity contribution in [3.05, 3.63) is 81.2 Å². The molecule has 2 aromatic heterocycles. The minimum atomic E-state index is -0.374. The van der Waals surface area contributed by atoms with Crippen molar-refractivity contribution >= 4 is 17.7 Å². The first kappa shape index (κ1) is 31.0. The number of esters is 2. The number of H-pyrrole nitrogens is 2. The Morgan fingerprint density at radius 2 is 1.05 bits per heavy atom. The maximum atomic E-state index is 13.9. The zero-order valence-corrected chi connectivity index (χ0v) is 27.0. The van der Waals surface area contributed by atoms with E-state index in [1.54, 1.807) is 13.8 Å². The van der Waals surface area contributed by atoms with E-state index in [9.17, 15) is 14.4 Å². The number of carbonyl (C=O) groups excluding carboxylic acids is 3. The lowest BCUT2D eigenvalue weighted by Gasteiger charge is -2.10. The van der Waals surface area contributed by atoms with Crippen molar-refractivity contribution in [1.29, 1.82) is 0 Å². The summed E-state index contributed by atoms with van der Waals surface area (Å²) in [6.07, 6.45) is 1.57. The summed E-state index contributed by atoms with van der Waals surface area (Å²) in [6.45, 7) is 16.7. The third kappa shape index (κ3) is 5.51. The van der Waals surface area contributed by atoms with Gasteiger partial charge in [0.1, 0.15) is 11.4 Å². The van der Waals surface area contributed by atoms with E-state index in [4.69, 9.17) is 9.47 Å². The molecule has 0 atom stereocenters. The van der Waals surface area contributed by atoms with Crippen LogP contribution in [0.1, 0.15) is 101 Å². The SMILES string of the molecule is CCOC(=O)c1[nH]c(-c2ccc3c(c2)C(=O)c2cc(-c4[nH]c(C(=O)OCC)c(C)c4CC(C)C)ccc2-3)c(CC(C)C)c1C. The molecule has 7 heteroatoms. The molecule has 5 rings (SSSR count). The van der Waals surface area contributed by atoms with Gasteiger partial charge in [-0.2, -0.15) is 0 Å². The highest BCUT2D eigenvalue weighted by Crippen LogP contribution is 2.42. The second-order valence-electron chi connectivity index (χ2n) is 12.4. The smallest absolute Gasteiger partial charge is 0.355 e. The fourth-order valence-electron chi connectivity index (χ4n) is 6.29. The number of benzene rings is 2. The first-order valence-electron chi connectivity index (χ1n) is 15.6. The molecule has 2 heterocycles. The summed E-state index contributed by atoms with van der Waals surface area (Å²) in [4.78, 5) is 46.1. The van der Waals surface area contributed by atoms with Gasteiger partial charge >= 0.3 is 11.9 Å². The second kappa shape index (κ2) is 12.3. The molecule has 0 fully saturated rings. The van der Waals surface area contributed by atoms with E-state index in [1.165, 1.54) is 0 Å². The van der Waals surface area contributed by atoms with Crippen molar-refractivity contribution in [3.8, 4) is 33.6 Å². The standard InChI is InChI=1S/C37H42N2O5/c1-9-43-36(41)31-21(7)27(15-19(3)4)33(38-31)23-11-13-25-26-14-12-24(18-30(26)35(40)29(25)17-23)34-28(16-20(5)6)22(8)32(39-34)37(42)44-10-2/h11-14,17-20,38-39H,9-10,15-16H2,1-8H3. The molecule has 0 bridgehead atoms. The molecule has 1 aliphatic carbocycles. The van der Waals surface area contributed by atoms with Gasteiger partial charge in [-0.15, -0.1) is 0 Å². The van der Waals surface area contributed by atoms with E-state index in [-0.39, 0.29) is 17.7 Å². The largest absolute Gasteiger partial charge is 0.461 e. The van der Waals surface area contributed by atoms with E-state index in [0.717, 1.165) is 68.7 Å². The lowest BCUT2D eigenvalue weighted by Crippen LogP contribution is -2.07. The number of aromatic nitrogens is 2. The van der Waals surface area contributed by atoms with Gasteiger partial charge in [0.2, 0.25) is 0 Å². The third-order valence-corrected chi connectivity index (χ3v) is 8.34. The topological polar surface area (TPSA) is 101 Å². The van der Waals surface area contributed by atoms with Crippen LogP contribution in [-0.4, -0.2) is 40.9 Å². The minimum absolute atomic E-state index is 0.0442. The number of carbonyl (C=O) groups is 3. The molecule has 2 aromatic carbocycles. The molecular weight excluding hydrogens is 552 g/mol. The number of nitrogens with one attached hydrogen (secondary N) is 2. The molecule has 2 N–H and O–H groups in total. The Hall–Kier alpha value is -4.39. The fraction of sp³-hybridized carbons (Fsp3) is 0.378. The summed E-state index contributed by atoms with van der Waals surface area (Å²) in [5.74, 6) is -0.0450. The molecule has 1 aliphatic rings. The zero-order valence-electron chi connectivity index (χ0n) is 27.0. The Balaban J connectivity index is 1.57. The monoisotopic (exact) mass is 594 g/mol. The van der Waals surface area contributed by atoms with Crippen LogP contribution >= 0.6 is 0 Å². The van der Waals surface area contributed by atoms with E-state index >= 15 is 0 Å². The minimum Gasteiger partial charge on any atom is -0.461 e. The van der Waals surface area contributed by atoms with Crippen molar-refractivity contribution in [2.75, 3.05) is 13.2 Å². The number of ether oxygens (including phenoxy) is 2.